The Morgan fingerprint density at radius 1 is 1.29 bits per heavy atom. The molecule has 0 aromatic heterocycles. The Labute approximate surface area is 145 Å². The van der Waals surface area contributed by atoms with Gasteiger partial charge in [0.2, 0.25) is 5.91 Å². The van der Waals surface area contributed by atoms with E-state index >= 15 is 0 Å². The highest BCUT2D eigenvalue weighted by Gasteiger charge is 2.22. The molecule has 2 unspecified atom stereocenters. The van der Waals surface area contributed by atoms with E-state index in [4.69, 9.17) is 4.74 Å². The lowest BCUT2D eigenvalue weighted by Gasteiger charge is -2.30. The molecular weight excluding hydrogens is 300 g/mol. The number of benzene rings is 1. The van der Waals surface area contributed by atoms with Gasteiger partial charge in [-0.05, 0) is 75.2 Å². The lowest BCUT2D eigenvalue weighted by molar-refractivity contribution is -0.122. The second kappa shape index (κ2) is 8.52. The minimum atomic E-state index is 0.163. The Hall–Kier alpha value is -1.55. The molecule has 1 aromatic carbocycles. The Morgan fingerprint density at radius 2 is 2.12 bits per heavy atom. The van der Waals surface area contributed by atoms with Gasteiger partial charge in [-0.15, -0.1) is 0 Å². The molecule has 2 atom stereocenters. The number of nitrogens with one attached hydrogen (secondary N) is 2. The van der Waals surface area contributed by atoms with Crippen molar-refractivity contribution in [2.75, 3.05) is 13.1 Å². The third-order valence-corrected chi connectivity index (χ3v) is 5.28. The van der Waals surface area contributed by atoms with Crippen LogP contribution in [0.3, 0.4) is 0 Å². The van der Waals surface area contributed by atoms with E-state index in [0.717, 1.165) is 31.7 Å². The van der Waals surface area contributed by atoms with Crippen molar-refractivity contribution < 1.29 is 9.53 Å². The van der Waals surface area contributed by atoms with Crippen LogP contribution in [0.4, 0.5) is 0 Å². The molecule has 1 aromatic rings. The average Bonchev–Trinajstić information content (AvgIpc) is 3.08. The third kappa shape index (κ3) is 4.97. The van der Waals surface area contributed by atoms with Gasteiger partial charge in [0.05, 0.1) is 6.10 Å². The SMILES string of the molecule is CC1CNCCC1NC(=O)CCc1cccc(OC2CCCC2)c1. The molecule has 4 heteroatoms. The van der Waals surface area contributed by atoms with Gasteiger partial charge in [-0.3, -0.25) is 4.79 Å². The van der Waals surface area contributed by atoms with Crippen LogP contribution in [0.15, 0.2) is 24.3 Å². The van der Waals surface area contributed by atoms with Gasteiger partial charge in [-0.2, -0.15) is 0 Å². The number of hydrogen-bond donors (Lipinski definition) is 2. The van der Waals surface area contributed by atoms with Gasteiger partial charge in [0.15, 0.2) is 0 Å². The van der Waals surface area contributed by atoms with Gasteiger partial charge < -0.3 is 15.4 Å². The van der Waals surface area contributed by atoms with Gasteiger partial charge in [0, 0.05) is 12.5 Å². The first kappa shape index (κ1) is 17.3. The largest absolute Gasteiger partial charge is 0.490 e. The van der Waals surface area contributed by atoms with Gasteiger partial charge >= 0.3 is 0 Å². The molecule has 1 amide bonds. The van der Waals surface area contributed by atoms with Crippen LogP contribution in [-0.4, -0.2) is 31.1 Å². The number of carbonyl (C=O) groups excluding carboxylic acids is 1. The van der Waals surface area contributed by atoms with E-state index < -0.39 is 0 Å². The van der Waals surface area contributed by atoms with Crippen LogP contribution < -0.4 is 15.4 Å². The molecule has 24 heavy (non-hydrogen) atoms. The maximum Gasteiger partial charge on any atom is 0.220 e. The fourth-order valence-electron chi connectivity index (χ4n) is 3.74. The summed E-state index contributed by atoms with van der Waals surface area (Å²) in [5.74, 6) is 1.62. The van der Waals surface area contributed by atoms with Crippen LogP contribution in [0, 0.1) is 5.92 Å². The van der Waals surface area contributed by atoms with Crippen LogP contribution in [0.5, 0.6) is 5.75 Å². The third-order valence-electron chi connectivity index (χ3n) is 5.28. The van der Waals surface area contributed by atoms with E-state index in [0.29, 0.717) is 24.5 Å². The number of rotatable bonds is 6. The zero-order chi connectivity index (χ0) is 16.8. The van der Waals surface area contributed by atoms with E-state index in [1.165, 1.54) is 31.2 Å². The van der Waals surface area contributed by atoms with E-state index in [1.807, 2.05) is 12.1 Å². The summed E-state index contributed by atoms with van der Waals surface area (Å²) >= 11 is 0. The predicted octanol–water partition coefficient (Wildman–Crippen LogP) is 3.05. The molecule has 2 aliphatic rings. The first-order valence-corrected chi connectivity index (χ1v) is 9.46. The van der Waals surface area contributed by atoms with Crippen molar-refractivity contribution in [2.24, 2.45) is 5.92 Å². The summed E-state index contributed by atoms with van der Waals surface area (Å²) in [6.45, 7) is 4.18. The predicted molar refractivity (Wildman–Crippen MR) is 96.2 cm³/mol. The maximum absolute atomic E-state index is 12.2. The minimum absolute atomic E-state index is 0.163. The number of amides is 1. The first-order valence-electron chi connectivity index (χ1n) is 9.46. The van der Waals surface area contributed by atoms with E-state index in [2.05, 4.69) is 29.7 Å². The number of aryl methyl sites for hydroxylation is 1. The molecule has 2 fully saturated rings. The van der Waals surface area contributed by atoms with Crippen molar-refractivity contribution >= 4 is 5.91 Å². The van der Waals surface area contributed by atoms with Crippen molar-refractivity contribution in [1.82, 2.24) is 10.6 Å². The summed E-state index contributed by atoms with van der Waals surface area (Å²) in [4.78, 5) is 12.2. The minimum Gasteiger partial charge on any atom is -0.490 e. The summed E-state index contributed by atoms with van der Waals surface area (Å²) in [6, 6.07) is 8.56. The Morgan fingerprint density at radius 3 is 2.92 bits per heavy atom. The molecule has 2 N–H and O–H groups in total. The monoisotopic (exact) mass is 330 g/mol. The second-order valence-corrected chi connectivity index (χ2v) is 7.32. The highest BCUT2D eigenvalue weighted by atomic mass is 16.5. The van der Waals surface area contributed by atoms with E-state index in [1.54, 1.807) is 0 Å². The standard InChI is InChI=1S/C20H30N2O2/c1-15-14-21-12-11-19(15)22-20(23)10-9-16-5-4-8-18(13-16)24-17-6-2-3-7-17/h4-5,8,13,15,17,19,21H,2-3,6-7,9-12,14H2,1H3,(H,22,23). The number of hydrogen-bond acceptors (Lipinski definition) is 3. The van der Waals surface area contributed by atoms with E-state index in [9.17, 15) is 4.79 Å². The molecule has 1 aliphatic heterocycles. The summed E-state index contributed by atoms with van der Waals surface area (Å²) in [5.41, 5.74) is 1.18. The summed E-state index contributed by atoms with van der Waals surface area (Å²) in [6.07, 6.45) is 7.61. The van der Waals surface area contributed by atoms with Crippen molar-refractivity contribution in [2.45, 2.75) is 64.0 Å². The van der Waals surface area contributed by atoms with Crippen molar-refractivity contribution in [3.8, 4) is 5.75 Å². The first-order chi connectivity index (χ1) is 11.7. The molecule has 1 saturated heterocycles. The maximum atomic E-state index is 12.2. The zero-order valence-electron chi connectivity index (χ0n) is 14.7. The molecule has 3 rings (SSSR count). The molecular formula is C20H30N2O2. The highest BCUT2D eigenvalue weighted by molar-refractivity contribution is 5.76. The van der Waals surface area contributed by atoms with Crippen LogP contribution in [0.1, 0.15) is 51.0 Å². The van der Waals surface area contributed by atoms with Gasteiger partial charge in [-0.1, -0.05) is 19.1 Å². The van der Waals surface area contributed by atoms with Gasteiger partial charge in [-0.25, -0.2) is 0 Å². The lowest BCUT2D eigenvalue weighted by atomic mass is 9.95. The molecule has 132 valence electrons. The second-order valence-electron chi connectivity index (χ2n) is 7.32. The molecule has 0 radical (unpaired) electrons. The zero-order valence-corrected chi connectivity index (χ0v) is 14.7. The molecule has 4 nitrogen and oxygen atoms in total. The van der Waals surface area contributed by atoms with E-state index in [-0.39, 0.29) is 5.91 Å². The molecule has 0 spiro atoms. The van der Waals surface area contributed by atoms with Crippen molar-refractivity contribution in [1.29, 1.82) is 0 Å². The highest BCUT2D eigenvalue weighted by Crippen LogP contribution is 2.24. The fourth-order valence-corrected chi connectivity index (χ4v) is 3.74. The number of carbonyl (C=O) groups is 1. The molecule has 1 heterocycles. The van der Waals surface area contributed by atoms with Crippen LogP contribution in [0.2, 0.25) is 0 Å². The Bertz CT molecular complexity index is 540. The average molecular weight is 330 g/mol. The van der Waals surface area contributed by atoms with Crippen LogP contribution >= 0.6 is 0 Å². The Kier molecular flexibility index (Phi) is 6.13. The van der Waals surface area contributed by atoms with Crippen molar-refractivity contribution in [3.05, 3.63) is 29.8 Å². The number of ether oxygens (including phenoxy) is 1. The fraction of sp³-hybridized carbons (Fsp3) is 0.650. The van der Waals surface area contributed by atoms with Crippen LogP contribution in [-0.2, 0) is 11.2 Å². The summed E-state index contributed by atoms with van der Waals surface area (Å²) < 4.78 is 6.05. The van der Waals surface area contributed by atoms with Gasteiger partial charge in [0.25, 0.3) is 0 Å². The van der Waals surface area contributed by atoms with Crippen LogP contribution in [0.25, 0.3) is 0 Å². The van der Waals surface area contributed by atoms with Crippen molar-refractivity contribution in [3.63, 3.8) is 0 Å². The molecule has 1 saturated carbocycles. The summed E-state index contributed by atoms with van der Waals surface area (Å²) in [5, 5.41) is 6.57. The topological polar surface area (TPSA) is 50.4 Å². The molecule has 0 bridgehead atoms. The number of piperidine rings is 1. The molecule has 1 aliphatic carbocycles. The lowest BCUT2D eigenvalue weighted by Crippen LogP contribution is -2.48. The Balaban J connectivity index is 1.46. The smallest absolute Gasteiger partial charge is 0.220 e. The quantitative estimate of drug-likeness (QED) is 0.843. The normalized spacial score (nSPS) is 24.7. The summed E-state index contributed by atoms with van der Waals surface area (Å²) in [7, 11) is 0. The van der Waals surface area contributed by atoms with Gasteiger partial charge in [0.1, 0.15) is 5.75 Å².